The predicted octanol–water partition coefficient (Wildman–Crippen LogP) is 5.54. The number of likely N-dealkylation sites (N-methyl/N-ethyl adjacent to an activating group) is 1. The Kier molecular flexibility index (Phi) is 16.4. The van der Waals surface area contributed by atoms with Crippen molar-refractivity contribution >= 4 is 68.7 Å². The minimum absolute atomic E-state index is 0.0668. The highest BCUT2D eigenvalue weighted by Gasteiger charge is 2.64. The second-order valence-electron chi connectivity index (χ2n) is 15.3. The van der Waals surface area contributed by atoms with Crippen LogP contribution in [0.2, 0.25) is 5.02 Å². The van der Waals surface area contributed by atoms with Crippen LogP contribution in [0.15, 0.2) is 35.9 Å². The van der Waals surface area contributed by atoms with Crippen molar-refractivity contribution in [2.45, 2.75) is 120 Å². The number of allylic oxidation sites excluding steroid dienone is 3. The van der Waals surface area contributed by atoms with Gasteiger partial charge >= 0.3 is 18.0 Å². The second kappa shape index (κ2) is 20.2. The number of nitrogens with one attached hydrogen (secondary N) is 1. The quantitative estimate of drug-likeness (QED) is 0.0969. The number of nitrogens with zero attached hydrogens (tertiary/aromatic N) is 2. The number of aliphatic hydroxyl groups is 1. The summed E-state index contributed by atoms with van der Waals surface area (Å²) in [4.78, 5) is 67.6. The number of methoxy groups -OCH3 is 2. The van der Waals surface area contributed by atoms with Gasteiger partial charge in [-0.25, -0.2) is 9.59 Å². The van der Waals surface area contributed by atoms with E-state index in [2.05, 4.69) is 5.32 Å². The van der Waals surface area contributed by atoms with Crippen LogP contribution in [0.3, 0.4) is 0 Å². The third-order valence-corrected chi connectivity index (χ3v) is 14.3. The summed E-state index contributed by atoms with van der Waals surface area (Å²) >= 11 is 6.77. The molecule has 9 unspecified atom stereocenters. The summed E-state index contributed by atoms with van der Waals surface area (Å²) in [7, 11) is 8.93. The summed E-state index contributed by atoms with van der Waals surface area (Å²) in [5.41, 5.74) is -1.02. The molecule has 3 N–H and O–H groups in total. The number of benzene rings is 1. The number of fused-ring (bicyclic) bond motifs is 5. The van der Waals surface area contributed by atoms with Crippen molar-refractivity contribution in [2.24, 2.45) is 5.92 Å². The Morgan fingerprint density at radius 2 is 1.90 bits per heavy atom. The normalized spacial score (nSPS) is 30.0. The van der Waals surface area contributed by atoms with Gasteiger partial charge in [0.2, 0.25) is 11.8 Å². The highest BCUT2D eigenvalue weighted by Crippen LogP contribution is 2.49. The number of carboxylic acid groups (broad SMARTS) is 1. The predicted molar refractivity (Wildman–Crippen MR) is 222 cm³/mol. The molecule has 3 heterocycles. The molecular formula is C40H56ClN3O12S2. The van der Waals surface area contributed by atoms with Gasteiger partial charge in [0.15, 0.2) is 5.72 Å². The van der Waals surface area contributed by atoms with Crippen molar-refractivity contribution in [1.82, 2.24) is 10.2 Å². The summed E-state index contributed by atoms with van der Waals surface area (Å²) in [5, 5.41) is 23.5. The molecule has 0 aliphatic carbocycles. The fourth-order valence-electron chi connectivity index (χ4n) is 7.06. The molecule has 3 aliphatic rings. The van der Waals surface area contributed by atoms with Crippen molar-refractivity contribution < 1.29 is 57.9 Å². The van der Waals surface area contributed by atoms with Crippen LogP contribution in [0.25, 0.3) is 0 Å². The van der Waals surface area contributed by atoms with Gasteiger partial charge in [-0.1, -0.05) is 70.8 Å². The minimum Gasteiger partial charge on any atom is -0.495 e. The summed E-state index contributed by atoms with van der Waals surface area (Å²) in [6, 6.07) is 2.53. The number of anilines is 1. The first-order valence-corrected chi connectivity index (χ1v) is 21.9. The molecule has 15 nitrogen and oxygen atoms in total. The number of hydrogen-bond acceptors (Lipinski definition) is 13. The number of rotatable bonds is 13. The minimum atomic E-state index is -1.85. The molecule has 9 atom stereocenters. The molecule has 0 radical (unpaired) electrons. The van der Waals surface area contributed by atoms with Gasteiger partial charge < -0.3 is 43.7 Å². The first kappa shape index (κ1) is 47.2. The molecule has 4 bridgehead atoms. The number of carbonyl (C=O) groups excluding carboxylic acids is 4. The first-order valence-electron chi connectivity index (χ1n) is 19.1. The Morgan fingerprint density at radius 1 is 1.19 bits per heavy atom. The summed E-state index contributed by atoms with van der Waals surface area (Å²) in [6.45, 7) is 8.87. The van der Waals surface area contributed by atoms with Gasteiger partial charge in [0.1, 0.15) is 40.7 Å². The van der Waals surface area contributed by atoms with Crippen molar-refractivity contribution in [3.05, 3.63) is 46.5 Å². The largest absolute Gasteiger partial charge is 0.495 e. The Labute approximate surface area is 352 Å². The number of carbonyl (C=O) groups is 5. The molecule has 1 aromatic carbocycles. The van der Waals surface area contributed by atoms with E-state index in [-0.39, 0.29) is 41.9 Å². The average Bonchev–Trinajstić information content (AvgIpc) is 3.87. The van der Waals surface area contributed by atoms with Gasteiger partial charge in [-0.2, -0.15) is 0 Å². The maximum Gasteiger partial charge on any atom is 0.409 e. The number of ether oxygens (including phenoxy) is 5. The van der Waals surface area contributed by atoms with Gasteiger partial charge in [0.25, 0.3) is 0 Å². The van der Waals surface area contributed by atoms with Crippen LogP contribution in [-0.4, -0.2) is 126 Å². The average molecular weight is 870 g/mol. The highest BCUT2D eigenvalue weighted by molar-refractivity contribution is 8.76. The lowest BCUT2D eigenvalue weighted by atomic mass is 9.83. The van der Waals surface area contributed by atoms with Gasteiger partial charge in [-0.15, -0.1) is 0 Å². The third kappa shape index (κ3) is 11.6. The van der Waals surface area contributed by atoms with E-state index in [1.807, 2.05) is 19.9 Å². The molecule has 322 valence electrons. The van der Waals surface area contributed by atoms with Crippen LogP contribution >= 0.6 is 33.2 Å². The van der Waals surface area contributed by atoms with Crippen LogP contribution in [-0.2, 0) is 44.5 Å². The topological polar surface area (TPSA) is 194 Å². The van der Waals surface area contributed by atoms with Crippen LogP contribution < -0.4 is 15.0 Å². The lowest BCUT2D eigenvalue weighted by molar-refractivity contribution is -0.162. The third-order valence-electron chi connectivity index (χ3n) is 10.9. The zero-order chi connectivity index (χ0) is 43.1. The highest BCUT2D eigenvalue weighted by atomic mass is 35.5. The van der Waals surface area contributed by atoms with Gasteiger partial charge in [0, 0.05) is 57.4 Å². The van der Waals surface area contributed by atoms with Crippen LogP contribution in [0, 0.1) is 5.92 Å². The molecule has 58 heavy (non-hydrogen) atoms. The molecule has 18 heteroatoms. The Hall–Kier alpha value is -3.48. The fraction of sp³-hybridized carbons (Fsp3) is 0.625. The van der Waals surface area contributed by atoms with Crippen molar-refractivity contribution in [3.63, 3.8) is 0 Å². The number of esters is 1. The Balaban J connectivity index is 1.63. The van der Waals surface area contributed by atoms with E-state index in [0.29, 0.717) is 30.0 Å². The molecule has 3 aliphatic heterocycles. The molecule has 2 saturated heterocycles. The molecule has 0 aromatic heterocycles. The molecule has 0 spiro atoms. The van der Waals surface area contributed by atoms with E-state index in [1.54, 1.807) is 45.2 Å². The van der Waals surface area contributed by atoms with Gasteiger partial charge in [-0.05, 0) is 51.3 Å². The van der Waals surface area contributed by atoms with Crippen molar-refractivity contribution in [3.8, 4) is 5.75 Å². The number of carboxylic acids is 1. The second-order valence-corrected chi connectivity index (χ2v) is 18.6. The van der Waals surface area contributed by atoms with E-state index in [0.717, 1.165) is 11.1 Å². The van der Waals surface area contributed by atoms with Crippen molar-refractivity contribution in [2.75, 3.05) is 39.0 Å². The SMILES string of the molecule is COc1cc2cc(c1Cl)N(C)C(=O)CC(OC(=O)C(C)N(C)C(=O)CCSSC(C)CCC(=O)O)C1(C)OC1C(C)C1CC(O)(NC(=O)O1)C(OC)/C=C/C=C(\C)C2. The van der Waals surface area contributed by atoms with Crippen molar-refractivity contribution in [1.29, 1.82) is 0 Å². The zero-order valence-electron chi connectivity index (χ0n) is 34.4. The van der Waals surface area contributed by atoms with E-state index in [1.165, 1.54) is 59.6 Å². The number of halogens is 1. The van der Waals surface area contributed by atoms with Gasteiger partial charge in [-0.3, -0.25) is 19.7 Å². The van der Waals surface area contributed by atoms with Crippen LogP contribution in [0.5, 0.6) is 5.75 Å². The summed E-state index contributed by atoms with van der Waals surface area (Å²) in [5.74, 6) is -2.12. The van der Waals surface area contributed by atoms with Crippen LogP contribution in [0.1, 0.15) is 72.3 Å². The lowest BCUT2D eigenvalue weighted by Gasteiger charge is -2.42. The standard InChI is InChI=1S/C40H56ClN3O12S2/c1-22-11-10-12-30(53-9)40(51)21-29(54-38(50)42-40)24(3)36-39(5,56-36)31(20-33(46)44(7)27-18-26(17-22)19-28(52-8)35(27)41)55-37(49)25(4)43(6)32(45)15-16-57-58-23(2)13-14-34(47)48/h10-12,18-19,23-25,29-31,36,51H,13-17,20-21H2,1-9H3,(H,42,50)(H,47,48)/b12-10+,22-11+. The lowest BCUT2D eigenvalue weighted by Crippen LogP contribution is -2.63. The first-order chi connectivity index (χ1) is 27.2. The maximum absolute atomic E-state index is 14.2. The smallest absolute Gasteiger partial charge is 0.409 e. The zero-order valence-corrected chi connectivity index (χ0v) is 36.8. The molecule has 2 fully saturated rings. The van der Waals surface area contributed by atoms with E-state index >= 15 is 0 Å². The number of alkyl carbamates (subject to hydrolysis) is 1. The number of hydrogen-bond donors (Lipinski definition) is 3. The number of epoxide rings is 1. The number of amides is 3. The van der Waals surface area contributed by atoms with Crippen LogP contribution in [0.4, 0.5) is 10.5 Å². The fourth-order valence-corrected chi connectivity index (χ4v) is 9.70. The Bertz CT molecular complexity index is 1760. The maximum atomic E-state index is 14.2. The summed E-state index contributed by atoms with van der Waals surface area (Å²) in [6.07, 6.45) is 1.43. The summed E-state index contributed by atoms with van der Waals surface area (Å²) < 4.78 is 29.3. The molecule has 0 saturated carbocycles. The molecule has 3 amide bonds. The molecule has 1 aromatic rings. The number of aliphatic carboxylic acids is 1. The van der Waals surface area contributed by atoms with E-state index in [9.17, 15) is 29.1 Å². The molecular weight excluding hydrogens is 814 g/mol. The monoisotopic (exact) mass is 869 g/mol. The van der Waals surface area contributed by atoms with Gasteiger partial charge in [0.05, 0.1) is 25.3 Å². The van der Waals surface area contributed by atoms with E-state index < -0.39 is 71.6 Å². The van der Waals surface area contributed by atoms with E-state index in [4.69, 9.17) is 40.4 Å². The molecule has 4 rings (SSSR count). The Morgan fingerprint density at radius 3 is 2.55 bits per heavy atom.